The van der Waals surface area contributed by atoms with Gasteiger partial charge in [0.05, 0.1) is 10.6 Å². The maximum atomic E-state index is 13.7. The van der Waals surface area contributed by atoms with Gasteiger partial charge in [-0.3, -0.25) is 10.1 Å². The average molecular weight is 286 g/mol. The number of hydrogen-bond donors (Lipinski definition) is 2. The van der Waals surface area contributed by atoms with Gasteiger partial charge in [0, 0.05) is 36.5 Å². The number of H-pyrrole nitrogens is 1. The van der Waals surface area contributed by atoms with Crippen LogP contribution >= 0.6 is 0 Å². The Morgan fingerprint density at radius 2 is 2.24 bits per heavy atom. The lowest BCUT2D eigenvalue weighted by Crippen LogP contribution is -2.02. The molecule has 106 valence electrons. The fourth-order valence-corrected chi connectivity index (χ4v) is 2.11. The first-order valence-electron chi connectivity index (χ1n) is 6.24. The first kappa shape index (κ1) is 13.0. The van der Waals surface area contributed by atoms with Gasteiger partial charge in [-0.15, -0.1) is 0 Å². The van der Waals surface area contributed by atoms with Crippen LogP contribution < -0.4 is 5.32 Å². The number of hydrogen-bond acceptors (Lipinski definition) is 4. The Hall–Kier alpha value is -2.96. The number of nitro benzene ring substituents is 1. The van der Waals surface area contributed by atoms with Crippen LogP contribution in [0.1, 0.15) is 5.56 Å². The average Bonchev–Trinajstić information content (AvgIpc) is 2.89. The van der Waals surface area contributed by atoms with Crippen LogP contribution in [0.5, 0.6) is 0 Å². The summed E-state index contributed by atoms with van der Waals surface area (Å²) < 4.78 is 13.7. The van der Waals surface area contributed by atoms with Gasteiger partial charge in [0.15, 0.2) is 0 Å². The van der Waals surface area contributed by atoms with E-state index >= 15 is 0 Å². The van der Waals surface area contributed by atoms with Crippen molar-refractivity contribution in [1.82, 2.24) is 9.97 Å². The largest absolute Gasteiger partial charge is 0.378 e. The van der Waals surface area contributed by atoms with Crippen LogP contribution in [0.3, 0.4) is 0 Å². The molecule has 0 amide bonds. The number of halogens is 1. The highest BCUT2D eigenvalue weighted by Crippen LogP contribution is 2.23. The van der Waals surface area contributed by atoms with Gasteiger partial charge in [-0.25, -0.2) is 9.37 Å². The molecule has 0 saturated heterocycles. The predicted molar refractivity (Wildman–Crippen MR) is 76.5 cm³/mol. The lowest BCUT2D eigenvalue weighted by atomic mass is 10.2. The van der Waals surface area contributed by atoms with Gasteiger partial charge in [-0.1, -0.05) is 0 Å². The van der Waals surface area contributed by atoms with Crippen molar-refractivity contribution in [1.29, 1.82) is 0 Å². The molecule has 2 aromatic heterocycles. The van der Waals surface area contributed by atoms with E-state index < -0.39 is 10.7 Å². The Balaban J connectivity index is 1.84. The van der Waals surface area contributed by atoms with Gasteiger partial charge < -0.3 is 10.3 Å². The molecule has 21 heavy (non-hydrogen) atoms. The quantitative estimate of drug-likeness (QED) is 0.569. The van der Waals surface area contributed by atoms with Gasteiger partial charge in [-0.05, 0) is 23.8 Å². The number of aromatic amines is 1. The van der Waals surface area contributed by atoms with Crippen molar-refractivity contribution < 1.29 is 9.31 Å². The molecule has 0 aliphatic heterocycles. The molecular formula is C14H11FN4O2. The molecule has 0 radical (unpaired) electrons. The van der Waals surface area contributed by atoms with Crippen molar-refractivity contribution in [2.45, 2.75) is 6.54 Å². The maximum Gasteiger partial charge on any atom is 0.271 e. The molecule has 0 unspecified atom stereocenters. The highest BCUT2D eigenvalue weighted by atomic mass is 19.1. The first-order valence-corrected chi connectivity index (χ1v) is 6.24. The number of rotatable bonds is 4. The molecule has 3 aromatic rings. The van der Waals surface area contributed by atoms with Crippen LogP contribution in [0.4, 0.5) is 15.8 Å². The van der Waals surface area contributed by atoms with Gasteiger partial charge >= 0.3 is 0 Å². The van der Waals surface area contributed by atoms with Crippen LogP contribution in [-0.4, -0.2) is 14.9 Å². The molecule has 0 saturated carbocycles. The van der Waals surface area contributed by atoms with Gasteiger partial charge in [-0.2, -0.15) is 0 Å². The highest BCUT2D eigenvalue weighted by Gasteiger charge is 2.11. The third kappa shape index (κ3) is 2.53. The zero-order valence-electron chi connectivity index (χ0n) is 10.8. The number of nitro groups is 1. The van der Waals surface area contributed by atoms with Crippen molar-refractivity contribution in [2.75, 3.05) is 5.32 Å². The zero-order chi connectivity index (χ0) is 14.8. The Labute approximate surface area is 118 Å². The monoisotopic (exact) mass is 286 g/mol. The summed E-state index contributed by atoms with van der Waals surface area (Å²) in [4.78, 5) is 17.3. The van der Waals surface area contributed by atoms with E-state index in [2.05, 4.69) is 15.3 Å². The fourth-order valence-electron chi connectivity index (χ4n) is 2.11. The number of non-ortho nitro benzene ring substituents is 1. The lowest BCUT2D eigenvalue weighted by Gasteiger charge is -2.06. The second-order valence-electron chi connectivity index (χ2n) is 4.49. The molecule has 7 heteroatoms. The predicted octanol–water partition coefficient (Wildman–Crippen LogP) is 3.22. The molecule has 2 heterocycles. The van der Waals surface area contributed by atoms with E-state index in [1.807, 2.05) is 12.1 Å². The molecule has 1 aromatic carbocycles. The molecule has 0 atom stereocenters. The number of nitrogens with zero attached hydrogens (tertiary/aromatic N) is 2. The van der Waals surface area contributed by atoms with Crippen molar-refractivity contribution in [2.24, 2.45) is 0 Å². The molecule has 0 aliphatic rings. The molecule has 0 bridgehead atoms. The minimum absolute atomic E-state index is 0.0995. The van der Waals surface area contributed by atoms with Gasteiger partial charge in [0.25, 0.3) is 5.69 Å². The Morgan fingerprint density at radius 3 is 3.05 bits per heavy atom. The van der Waals surface area contributed by atoms with Crippen LogP contribution in [-0.2, 0) is 6.54 Å². The third-order valence-corrected chi connectivity index (χ3v) is 3.17. The van der Waals surface area contributed by atoms with Crippen LogP contribution in [0.15, 0.2) is 42.7 Å². The van der Waals surface area contributed by atoms with E-state index in [0.717, 1.165) is 28.7 Å². The highest BCUT2D eigenvalue weighted by molar-refractivity contribution is 5.79. The standard InChI is InChI=1S/C14H11FN4O2/c15-12-4-3-10(19(20)21)6-13(12)17-7-9-8-18-14-11(9)2-1-5-16-14/h1-6,8,17H,7H2,(H,16,18). The van der Waals surface area contributed by atoms with E-state index in [9.17, 15) is 14.5 Å². The molecule has 0 aliphatic carbocycles. The minimum Gasteiger partial charge on any atom is -0.378 e. The minimum atomic E-state index is -0.555. The Kier molecular flexibility index (Phi) is 3.23. The zero-order valence-corrected chi connectivity index (χ0v) is 10.8. The number of benzene rings is 1. The number of pyridine rings is 1. The number of nitrogens with one attached hydrogen (secondary N) is 2. The van der Waals surface area contributed by atoms with E-state index in [-0.39, 0.29) is 11.4 Å². The summed E-state index contributed by atoms with van der Waals surface area (Å²) in [7, 11) is 0. The van der Waals surface area contributed by atoms with E-state index in [1.165, 1.54) is 6.07 Å². The SMILES string of the molecule is O=[N+]([O-])c1ccc(F)c(NCc2c[nH]c3ncccc23)c1. The van der Waals surface area contributed by atoms with Crippen molar-refractivity contribution in [3.63, 3.8) is 0 Å². The first-order chi connectivity index (χ1) is 10.1. The topological polar surface area (TPSA) is 83.9 Å². The van der Waals surface area contributed by atoms with Crippen LogP contribution in [0, 0.1) is 15.9 Å². The number of anilines is 1. The lowest BCUT2D eigenvalue weighted by molar-refractivity contribution is -0.384. The second-order valence-corrected chi connectivity index (χ2v) is 4.49. The third-order valence-electron chi connectivity index (χ3n) is 3.17. The number of aromatic nitrogens is 2. The van der Waals surface area contributed by atoms with Crippen molar-refractivity contribution >= 4 is 22.4 Å². The molecule has 3 rings (SSSR count). The summed E-state index contributed by atoms with van der Waals surface area (Å²) in [6.07, 6.45) is 3.45. The molecule has 0 spiro atoms. The fraction of sp³-hybridized carbons (Fsp3) is 0.0714. The summed E-state index contributed by atoms with van der Waals surface area (Å²) in [5.74, 6) is -0.529. The van der Waals surface area contributed by atoms with Crippen LogP contribution in [0.25, 0.3) is 11.0 Å². The maximum absolute atomic E-state index is 13.7. The Bertz CT molecular complexity index is 816. The normalized spacial score (nSPS) is 10.7. The molecular weight excluding hydrogens is 275 g/mol. The summed E-state index contributed by atoms with van der Waals surface area (Å²) in [6, 6.07) is 7.11. The smallest absolute Gasteiger partial charge is 0.271 e. The summed E-state index contributed by atoms with van der Waals surface area (Å²) in [5, 5.41) is 14.5. The van der Waals surface area contributed by atoms with Gasteiger partial charge in [0.1, 0.15) is 11.5 Å². The van der Waals surface area contributed by atoms with Crippen molar-refractivity contribution in [3.05, 3.63) is 64.2 Å². The summed E-state index contributed by atoms with van der Waals surface area (Å²) in [5.41, 5.74) is 1.60. The number of fused-ring (bicyclic) bond motifs is 1. The molecule has 2 N–H and O–H groups in total. The van der Waals surface area contributed by atoms with Crippen molar-refractivity contribution in [3.8, 4) is 0 Å². The summed E-state index contributed by atoms with van der Waals surface area (Å²) in [6.45, 7) is 0.337. The van der Waals surface area contributed by atoms with Crippen LogP contribution in [0.2, 0.25) is 0 Å². The molecule has 0 fully saturated rings. The van der Waals surface area contributed by atoms with Gasteiger partial charge in [0.2, 0.25) is 0 Å². The second kappa shape index (κ2) is 5.20. The summed E-state index contributed by atoms with van der Waals surface area (Å²) >= 11 is 0. The van der Waals surface area contributed by atoms with E-state index in [4.69, 9.17) is 0 Å². The van der Waals surface area contributed by atoms with E-state index in [0.29, 0.717) is 6.54 Å². The molecule has 6 nitrogen and oxygen atoms in total. The van der Waals surface area contributed by atoms with E-state index in [1.54, 1.807) is 12.4 Å². The Morgan fingerprint density at radius 1 is 1.38 bits per heavy atom.